The number of anilines is 2. The lowest BCUT2D eigenvalue weighted by molar-refractivity contribution is 0.0987. The number of rotatable bonds is 4. The molecule has 7 nitrogen and oxygen atoms in total. The van der Waals surface area contributed by atoms with Crippen LogP contribution in [0, 0.1) is 0 Å². The number of amides is 1. The molecule has 2 aromatic rings. The number of pyridine rings is 1. The highest BCUT2D eigenvalue weighted by Gasteiger charge is 2.29. The van der Waals surface area contributed by atoms with Gasteiger partial charge in [0.25, 0.3) is 5.91 Å². The van der Waals surface area contributed by atoms with E-state index in [1.807, 2.05) is 29.9 Å². The van der Waals surface area contributed by atoms with Gasteiger partial charge in [0.2, 0.25) is 0 Å². The molecule has 0 bridgehead atoms. The summed E-state index contributed by atoms with van der Waals surface area (Å²) in [5, 5.41) is 4.39. The second kappa shape index (κ2) is 6.48. The van der Waals surface area contributed by atoms with E-state index >= 15 is 0 Å². The maximum atomic E-state index is 12.7. The first kappa shape index (κ1) is 16.1. The number of nitrogens with zero attached hydrogens (tertiary/aromatic N) is 5. The molecule has 0 spiro atoms. The Balaban J connectivity index is 1.48. The predicted octanol–water partition coefficient (Wildman–Crippen LogP) is 1.81. The van der Waals surface area contributed by atoms with Gasteiger partial charge in [-0.1, -0.05) is 0 Å². The maximum Gasteiger partial charge on any atom is 0.278 e. The average molecular weight is 341 g/mol. The molecule has 2 fully saturated rings. The van der Waals surface area contributed by atoms with Crippen LogP contribution in [-0.4, -0.2) is 54.0 Å². The first-order valence-electron chi connectivity index (χ1n) is 8.74. The lowest BCUT2D eigenvalue weighted by atomic mass is 10.2. The highest BCUT2D eigenvalue weighted by molar-refractivity contribution is 6.04. The van der Waals surface area contributed by atoms with Gasteiger partial charge < -0.3 is 14.5 Å². The van der Waals surface area contributed by atoms with Crippen LogP contribution in [0.3, 0.4) is 0 Å². The molecule has 2 aliphatic rings. The SMILES string of the molecule is CN(C(=O)c1cc(C2CC2)n(C)n1)c1ccc(N2CCOCC2)nc1. The summed E-state index contributed by atoms with van der Waals surface area (Å²) in [6, 6.07) is 5.81. The van der Waals surface area contributed by atoms with Gasteiger partial charge in [-0.05, 0) is 31.0 Å². The highest BCUT2D eigenvalue weighted by Crippen LogP contribution is 2.40. The van der Waals surface area contributed by atoms with Crippen molar-refractivity contribution in [2.24, 2.45) is 7.05 Å². The lowest BCUT2D eigenvalue weighted by Crippen LogP contribution is -2.36. The summed E-state index contributed by atoms with van der Waals surface area (Å²) in [4.78, 5) is 21.0. The zero-order valence-corrected chi connectivity index (χ0v) is 14.7. The van der Waals surface area contributed by atoms with Crippen LogP contribution in [0.5, 0.6) is 0 Å². The van der Waals surface area contributed by atoms with Crippen molar-refractivity contribution in [3.63, 3.8) is 0 Å². The molecule has 1 aliphatic heterocycles. The summed E-state index contributed by atoms with van der Waals surface area (Å²) in [7, 11) is 3.67. The van der Waals surface area contributed by atoms with Crippen molar-refractivity contribution in [3.05, 3.63) is 35.8 Å². The van der Waals surface area contributed by atoms with Crippen molar-refractivity contribution < 1.29 is 9.53 Å². The number of aromatic nitrogens is 3. The maximum absolute atomic E-state index is 12.7. The van der Waals surface area contributed by atoms with Crippen LogP contribution in [0.15, 0.2) is 24.4 Å². The van der Waals surface area contributed by atoms with Crippen molar-refractivity contribution in [3.8, 4) is 0 Å². The Kier molecular flexibility index (Phi) is 4.17. The molecule has 1 amide bonds. The van der Waals surface area contributed by atoms with Crippen molar-refractivity contribution in [2.75, 3.05) is 43.2 Å². The van der Waals surface area contributed by atoms with E-state index in [0.717, 1.165) is 43.5 Å². The number of hydrogen-bond acceptors (Lipinski definition) is 5. The van der Waals surface area contributed by atoms with Crippen LogP contribution in [0.25, 0.3) is 0 Å². The van der Waals surface area contributed by atoms with E-state index in [2.05, 4.69) is 15.0 Å². The average Bonchev–Trinajstić information content (AvgIpc) is 3.43. The van der Waals surface area contributed by atoms with E-state index in [-0.39, 0.29) is 5.91 Å². The third-order valence-corrected chi connectivity index (χ3v) is 4.89. The van der Waals surface area contributed by atoms with E-state index in [1.165, 1.54) is 12.8 Å². The Bertz CT molecular complexity index is 760. The van der Waals surface area contributed by atoms with Gasteiger partial charge in [-0.25, -0.2) is 4.98 Å². The zero-order chi connectivity index (χ0) is 17.4. The van der Waals surface area contributed by atoms with Gasteiger partial charge in [-0.15, -0.1) is 0 Å². The summed E-state index contributed by atoms with van der Waals surface area (Å²) in [5.74, 6) is 1.38. The number of morpholine rings is 1. The number of carbonyl (C=O) groups is 1. The van der Waals surface area contributed by atoms with Crippen LogP contribution >= 0.6 is 0 Å². The molecule has 3 heterocycles. The third kappa shape index (κ3) is 3.24. The van der Waals surface area contributed by atoms with Gasteiger partial charge in [0.05, 0.1) is 25.1 Å². The summed E-state index contributed by atoms with van der Waals surface area (Å²) in [6.45, 7) is 3.15. The van der Waals surface area contributed by atoms with Gasteiger partial charge in [0, 0.05) is 38.8 Å². The van der Waals surface area contributed by atoms with Crippen molar-refractivity contribution >= 4 is 17.4 Å². The van der Waals surface area contributed by atoms with Crippen LogP contribution in [0.4, 0.5) is 11.5 Å². The number of ether oxygens (including phenoxy) is 1. The molecule has 1 aliphatic carbocycles. The largest absolute Gasteiger partial charge is 0.378 e. The summed E-state index contributed by atoms with van der Waals surface area (Å²) in [6.07, 6.45) is 4.12. The topological polar surface area (TPSA) is 63.5 Å². The molecule has 1 saturated heterocycles. The van der Waals surface area contributed by atoms with E-state index in [9.17, 15) is 4.79 Å². The van der Waals surface area contributed by atoms with E-state index in [4.69, 9.17) is 4.74 Å². The van der Waals surface area contributed by atoms with Gasteiger partial charge in [0.1, 0.15) is 5.82 Å². The molecule has 0 radical (unpaired) electrons. The van der Waals surface area contributed by atoms with Gasteiger partial charge >= 0.3 is 0 Å². The van der Waals surface area contributed by atoms with Crippen LogP contribution in [0.1, 0.15) is 34.9 Å². The van der Waals surface area contributed by atoms with E-state index in [1.54, 1.807) is 18.1 Å². The molecule has 132 valence electrons. The Morgan fingerprint density at radius 3 is 2.68 bits per heavy atom. The molecule has 1 saturated carbocycles. The molecular weight excluding hydrogens is 318 g/mol. The second-order valence-corrected chi connectivity index (χ2v) is 6.69. The fourth-order valence-electron chi connectivity index (χ4n) is 3.19. The fourth-order valence-corrected chi connectivity index (χ4v) is 3.19. The lowest BCUT2D eigenvalue weighted by Gasteiger charge is -2.28. The molecule has 4 rings (SSSR count). The molecule has 0 N–H and O–H groups in total. The first-order valence-corrected chi connectivity index (χ1v) is 8.74. The molecule has 2 aromatic heterocycles. The third-order valence-electron chi connectivity index (χ3n) is 4.89. The van der Waals surface area contributed by atoms with Gasteiger partial charge in [0.15, 0.2) is 5.69 Å². The number of carbonyl (C=O) groups excluding carboxylic acids is 1. The van der Waals surface area contributed by atoms with Crippen molar-refractivity contribution in [1.82, 2.24) is 14.8 Å². The van der Waals surface area contributed by atoms with Crippen molar-refractivity contribution in [2.45, 2.75) is 18.8 Å². The van der Waals surface area contributed by atoms with Gasteiger partial charge in [-0.2, -0.15) is 5.10 Å². The van der Waals surface area contributed by atoms with Crippen LogP contribution in [-0.2, 0) is 11.8 Å². The van der Waals surface area contributed by atoms with E-state index < -0.39 is 0 Å². The molecule has 0 unspecified atom stereocenters. The monoisotopic (exact) mass is 341 g/mol. The second-order valence-electron chi connectivity index (χ2n) is 6.69. The zero-order valence-electron chi connectivity index (χ0n) is 14.7. The molecule has 7 heteroatoms. The minimum atomic E-state index is -0.108. The first-order chi connectivity index (χ1) is 12.1. The van der Waals surface area contributed by atoms with Crippen LogP contribution in [0.2, 0.25) is 0 Å². The standard InChI is InChI=1S/C18H23N5O2/c1-21(18(24)15-11-16(13-3-4-13)22(2)20-15)14-5-6-17(19-12-14)23-7-9-25-10-8-23/h5-6,11-13H,3-4,7-10H2,1-2H3. The fraction of sp³-hybridized carbons (Fsp3) is 0.500. The van der Waals surface area contributed by atoms with E-state index in [0.29, 0.717) is 11.6 Å². The Morgan fingerprint density at radius 2 is 2.04 bits per heavy atom. The minimum absolute atomic E-state index is 0.108. The molecule has 25 heavy (non-hydrogen) atoms. The molecular formula is C18H23N5O2. The summed E-state index contributed by atoms with van der Waals surface area (Å²) >= 11 is 0. The summed E-state index contributed by atoms with van der Waals surface area (Å²) < 4.78 is 7.20. The minimum Gasteiger partial charge on any atom is -0.378 e. The van der Waals surface area contributed by atoms with Crippen molar-refractivity contribution in [1.29, 1.82) is 0 Å². The molecule has 0 aromatic carbocycles. The smallest absolute Gasteiger partial charge is 0.278 e. The Morgan fingerprint density at radius 1 is 1.28 bits per heavy atom. The highest BCUT2D eigenvalue weighted by atomic mass is 16.5. The Hall–Kier alpha value is -2.41. The Labute approximate surface area is 147 Å². The normalized spacial score (nSPS) is 17.6. The quantitative estimate of drug-likeness (QED) is 0.849. The van der Waals surface area contributed by atoms with Crippen LogP contribution < -0.4 is 9.80 Å². The predicted molar refractivity (Wildman–Crippen MR) is 95.2 cm³/mol. The number of hydrogen-bond donors (Lipinski definition) is 0. The summed E-state index contributed by atoms with van der Waals surface area (Å²) in [5.41, 5.74) is 2.40. The number of aryl methyl sites for hydroxylation is 1. The van der Waals surface area contributed by atoms with Gasteiger partial charge in [-0.3, -0.25) is 9.48 Å². The molecule has 0 atom stereocenters.